The van der Waals surface area contributed by atoms with Crippen LogP contribution in [0.5, 0.6) is 0 Å². The molecule has 0 N–H and O–H groups in total. The van der Waals surface area contributed by atoms with Crippen LogP contribution in [0.1, 0.15) is 32.8 Å². The van der Waals surface area contributed by atoms with Gasteiger partial charge in [0.1, 0.15) is 0 Å². The first-order valence-electron chi connectivity index (χ1n) is 6.07. The van der Waals surface area contributed by atoms with Crippen LogP contribution in [0.3, 0.4) is 0 Å². The Morgan fingerprint density at radius 1 is 1.18 bits per heavy atom. The molecule has 1 aliphatic heterocycles. The highest BCUT2D eigenvalue weighted by atomic mass is 14.9. The molecular weight excluding hydrogens is 206 g/mol. The van der Waals surface area contributed by atoms with Crippen molar-refractivity contribution >= 4 is 11.8 Å². The van der Waals surface area contributed by atoms with Crippen LogP contribution in [-0.2, 0) is 0 Å². The molecule has 1 atom stereocenters. The fourth-order valence-electron chi connectivity index (χ4n) is 2.17. The molecule has 0 saturated carbocycles. The van der Waals surface area contributed by atoms with Gasteiger partial charge < -0.3 is 0 Å². The van der Waals surface area contributed by atoms with Gasteiger partial charge in [-0.15, -0.1) is 0 Å². The van der Waals surface area contributed by atoms with Crippen molar-refractivity contribution < 1.29 is 0 Å². The summed E-state index contributed by atoms with van der Waals surface area (Å²) in [6.07, 6.45) is 7.52. The second-order valence-corrected chi connectivity index (χ2v) is 4.87. The molecule has 1 unspecified atom stereocenters. The van der Waals surface area contributed by atoms with Crippen molar-refractivity contribution in [1.82, 2.24) is 0 Å². The fraction of sp³-hybridized carbons (Fsp3) is 0.312. The van der Waals surface area contributed by atoms with Crippen molar-refractivity contribution in [2.24, 2.45) is 4.99 Å². The summed E-state index contributed by atoms with van der Waals surface area (Å²) in [6.45, 7) is 6.43. The van der Waals surface area contributed by atoms with E-state index in [0.29, 0.717) is 0 Å². The van der Waals surface area contributed by atoms with E-state index in [2.05, 4.69) is 63.3 Å². The van der Waals surface area contributed by atoms with Gasteiger partial charge in [-0.2, -0.15) is 0 Å². The number of hydrogen-bond donors (Lipinski definition) is 0. The average molecular weight is 225 g/mol. The third-order valence-electron chi connectivity index (χ3n) is 3.32. The van der Waals surface area contributed by atoms with Crippen LogP contribution >= 0.6 is 0 Å². The standard InChI is InChI=1S/C16H19N/c1-13-12-14(2)17-16(13,3)11-7-10-15-8-5-4-6-9-15/h4-10,12H,11H2,1-3H3/b10-7+. The quantitative estimate of drug-likeness (QED) is 0.728. The highest BCUT2D eigenvalue weighted by molar-refractivity contribution is 5.96. The van der Waals surface area contributed by atoms with Crippen LogP contribution in [0.4, 0.5) is 0 Å². The van der Waals surface area contributed by atoms with E-state index in [1.54, 1.807) is 0 Å². The topological polar surface area (TPSA) is 12.4 Å². The molecule has 17 heavy (non-hydrogen) atoms. The summed E-state index contributed by atoms with van der Waals surface area (Å²) in [4.78, 5) is 4.71. The minimum absolute atomic E-state index is 0.0324. The third kappa shape index (κ3) is 2.73. The number of hydrogen-bond acceptors (Lipinski definition) is 1. The Morgan fingerprint density at radius 3 is 2.47 bits per heavy atom. The lowest BCUT2D eigenvalue weighted by Gasteiger charge is -2.21. The fourth-order valence-corrected chi connectivity index (χ4v) is 2.17. The maximum Gasteiger partial charge on any atom is 0.0827 e. The molecule has 1 aromatic carbocycles. The van der Waals surface area contributed by atoms with E-state index >= 15 is 0 Å². The Balaban J connectivity index is 2.04. The van der Waals surface area contributed by atoms with Gasteiger partial charge in [-0.25, -0.2) is 0 Å². The predicted molar refractivity (Wildman–Crippen MR) is 75.4 cm³/mol. The van der Waals surface area contributed by atoms with Gasteiger partial charge in [0.05, 0.1) is 5.54 Å². The van der Waals surface area contributed by atoms with E-state index in [1.807, 2.05) is 6.07 Å². The van der Waals surface area contributed by atoms with Crippen molar-refractivity contribution in [3.8, 4) is 0 Å². The van der Waals surface area contributed by atoms with Gasteiger partial charge >= 0.3 is 0 Å². The molecule has 1 heterocycles. The van der Waals surface area contributed by atoms with Gasteiger partial charge in [-0.1, -0.05) is 42.5 Å². The molecule has 0 fully saturated rings. The molecule has 1 aromatic rings. The first kappa shape index (κ1) is 11.8. The minimum Gasteiger partial charge on any atom is -0.279 e. The van der Waals surface area contributed by atoms with Gasteiger partial charge in [-0.3, -0.25) is 4.99 Å². The molecular formula is C16H19N. The SMILES string of the molecule is CC1=CC(C)=NC1(C)C/C=C/c1ccccc1. The van der Waals surface area contributed by atoms with E-state index in [9.17, 15) is 0 Å². The smallest absolute Gasteiger partial charge is 0.0827 e. The zero-order valence-corrected chi connectivity index (χ0v) is 10.8. The number of allylic oxidation sites excluding steroid dienone is 1. The van der Waals surface area contributed by atoms with E-state index in [4.69, 9.17) is 4.99 Å². The van der Waals surface area contributed by atoms with Crippen LogP contribution in [0.2, 0.25) is 0 Å². The van der Waals surface area contributed by atoms with E-state index < -0.39 is 0 Å². The Hall–Kier alpha value is -1.63. The zero-order chi connectivity index (χ0) is 12.3. The Bertz CT molecular complexity index is 480. The summed E-state index contributed by atoms with van der Waals surface area (Å²) in [5.41, 5.74) is 3.71. The molecule has 88 valence electrons. The Labute approximate surface area is 104 Å². The summed E-state index contributed by atoms with van der Waals surface area (Å²) >= 11 is 0. The van der Waals surface area contributed by atoms with Gasteiger partial charge in [0.25, 0.3) is 0 Å². The molecule has 1 heteroatoms. The summed E-state index contributed by atoms with van der Waals surface area (Å²) in [5, 5.41) is 0. The Morgan fingerprint density at radius 2 is 1.88 bits per heavy atom. The van der Waals surface area contributed by atoms with Gasteiger partial charge in [0.2, 0.25) is 0 Å². The van der Waals surface area contributed by atoms with Crippen molar-refractivity contribution in [3.63, 3.8) is 0 Å². The average Bonchev–Trinajstić information content (AvgIpc) is 2.54. The molecule has 0 spiro atoms. The van der Waals surface area contributed by atoms with E-state index in [0.717, 1.165) is 12.1 Å². The summed E-state index contributed by atoms with van der Waals surface area (Å²) < 4.78 is 0. The van der Waals surface area contributed by atoms with Crippen molar-refractivity contribution in [2.75, 3.05) is 0 Å². The first-order valence-corrected chi connectivity index (χ1v) is 6.07. The number of benzene rings is 1. The second kappa shape index (κ2) is 4.70. The lowest BCUT2D eigenvalue weighted by atomic mass is 9.91. The first-order chi connectivity index (χ1) is 8.10. The monoisotopic (exact) mass is 225 g/mol. The maximum absolute atomic E-state index is 4.71. The molecule has 1 aliphatic rings. The van der Waals surface area contributed by atoms with Crippen molar-refractivity contribution in [2.45, 2.75) is 32.7 Å². The van der Waals surface area contributed by atoms with Gasteiger partial charge in [0.15, 0.2) is 0 Å². The molecule has 0 amide bonds. The largest absolute Gasteiger partial charge is 0.279 e. The van der Waals surface area contributed by atoms with Crippen LogP contribution in [-0.4, -0.2) is 11.3 Å². The predicted octanol–water partition coefficient (Wildman–Crippen LogP) is 4.27. The number of aliphatic imine (C=N–C) groups is 1. The minimum atomic E-state index is -0.0324. The van der Waals surface area contributed by atoms with Crippen molar-refractivity contribution in [1.29, 1.82) is 0 Å². The number of nitrogens with zero attached hydrogens (tertiary/aromatic N) is 1. The number of rotatable bonds is 3. The summed E-state index contributed by atoms with van der Waals surface area (Å²) in [7, 11) is 0. The zero-order valence-electron chi connectivity index (χ0n) is 10.8. The van der Waals surface area contributed by atoms with Crippen LogP contribution in [0, 0.1) is 0 Å². The van der Waals surface area contributed by atoms with E-state index in [1.165, 1.54) is 11.1 Å². The van der Waals surface area contributed by atoms with Gasteiger partial charge in [0, 0.05) is 5.71 Å². The summed E-state index contributed by atoms with van der Waals surface area (Å²) in [6, 6.07) is 10.4. The molecule has 0 aromatic heterocycles. The van der Waals surface area contributed by atoms with Crippen LogP contribution < -0.4 is 0 Å². The molecule has 2 rings (SSSR count). The maximum atomic E-state index is 4.71. The lowest BCUT2D eigenvalue weighted by Crippen LogP contribution is -2.19. The summed E-state index contributed by atoms with van der Waals surface area (Å²) in [5.74, 6) is 0. The second-order valence-electron chi connectivity index (χ2n) is 4.87. The molecule has 1 nitrogen and oxygen atoms in total. The van der Waals surface area contributed by atoms with E-state index in [-0.39, 0.29) is 5.54 Å². The highest BCUT2D eigenvalue weighted by Gasteiger charge is 2.27. The van der Waals surface area contributed by atoms with Crippen LogP contribution in [0.15, 0.2) is 53.0 Å². The molecule has 0 aliphatic carbocycles. The normalized spacial score (nSPS) is 23.9. The van der Waals surface area contributed by atoms with Gasteiger partial charge in [-0.05, 0) is 44.4 Å². The molecule has 0 bridgehead atoms. The molecule has 0 saturated heterocycles. The lowest BCUT2D eigenvalue weighted by molar-refractivity contribution is 0.573. The molecule has 0 radical (unpaired) electrons. The third-order valence-corrected chi connectivity index (χ3v) is 3.32. The van der Waals surface area contributed by atoms with Crippen molar-refractivity contribution in [3.05, 3.63) is 53.6 Å². The highest BCUT2D eigenvalue weighted by Crippen LogP contribution is 2.30. The Kier molecular flexibility index (Phi) is 3.28. The van der Waals surface area contributed by atoms with Crippen LogP contribution in [0.25, 0.3) is 6.08 Å².